The summed E-state index contributed by atoms with van der Waals surface area (Å²) < 4.78 is 57.7. The van der Waals surface area contributed by atoms with E-state index < -0.39 is 17.6 Å². The van der Waals surface area contributed by atoms with Crippen molar-refractivity contribution in [2.75, 3.05) is 33.9 Å². The van der Waals surface area contributed by atoms with Gasteiger partial charge in [-0.15, -0.1) is 0 Å². The number of ether oxygens (including phenoxy) is 1. The van der Waals surface area contributed by atoms with Crippen molar-refractivity contribution < 1.29 is 22.3 Å². The molecule has 25 heavy (non-hydrogen) atoms. The van der Waals surface area contributed by atoms with Gasteiger partial charge in [-0.1, -0.05) is 6.07 Å². The molecule has 1 fully saturated rings. The topological polar surface area (TPSA) is 36.9 Å². The molecule has 1 aromatic rings. The number of rotatable bonds is 7. The Morgan fingerprint density at radius 3 is 2.68 bits per heavy atom. The summed E-state index contributed by atoms with van der Waals surface area (Å²) in [4.78, 5) is 5.84. The molecule has 1 aliphatic rings. The summed E-state index contributed by atoms with van der Waals surface area (Å²) in [6.07, 6.45) is -2.16. The summed E-state index contributed by atoms with van der Waals surface area (Å²) in [6.45, 7) is 1.75. The Balaban J connectivity index is 1.89. The van der Waals surface area contributed by atoms with Gasteiger partial charge in [0.25, 0.3) is 0 Å². The van der Waals surface area contributed by atoms with Gasteiger partial charge in [-0.2, -0.15) is 13.2 Å². The van der Waals surface area contributed by atoms with Gasteiger partial charge in [-0.3, -0.25) is 4.99 Å². The van der Waals surface area contributed by atoms with Crippen LogP contribution in [0.4, 0.5) is 17.6 Å². The van der Waals surface area contributed by atoms with Crippen molar-refractivity contribution in [3.8, 4) is 0 Å². The van der Waals surface area contributed by atoms with Crippen molar-refractivity contribution in [1.29, 1.82) is 0 Å². The molecule has 0 bridgehead atoms. The number of alkyl halides is 3. The minimum Gasteiger partial charge on any atom is -0.379 e. The van der Waals surface area contributed by atoms with Crippen LogP contribution in [0.25, 0.3) is 0 Å². The fourth-order valence-electron chi connectivity index (χ4n) is 2.37. The molecule has 1 saturated carbocycles. The molecule has 1 aromatic carbocycles. The lowest BCUT2D eigenvalue weighted by Crippen LogP contribution is -2.40. The van der Waals surface area contributed by atoms with E-state index in [2.05, 4.69) is 10.3 Å². The standard InChI is InChI=1S/C17H23F4N3O/c1-22-16(24(2)7-8-25-11-12-3-4-12)23-10-13-5-6-14(18)9-15(13)17(19,20)21/h5-6,9,12H,3-4,7-8,10-11H2,1-2H3,(H,22,23). The van der Waals surface area contributed by atoms with Crippen LogP contribution in [0.5, 0.6) is 0 Å². The first-order chi connectivity index (χ1) is 11.8. The minimum atomic E-state index is -4.61. The Hall–Kier alpha value is -1.83. The monoisotopic (exact) mass is 361 g/mol. The van der Waals surface area contributed by atoms with Gasteiger partial charge in [0.1, 0.15) is 5.82 Å². The summed E-state index contributed by atoms with van der Waals surface area (Å²) >= 11 is 0. The lowest BCUT2D eigenvalue weighted by atomic mass is 10.1. The van der Waals surface area contributed by atoms with Crippen LogP contribution in [0.3, 0.4) is 0 Å². The maximum atomic E-state index is 13.1. The zero-order valence-electron chi connectivity index (χ0n) is 14.4. The first kappa shape index (κ1) is 19.5. The number of likely N-dealkylation sites (N-methyl/N-ethyl adjacent to an activating group) is 1. The van der Waals surface area contributed by atoms with Crippen LogP contribution in [0.15, 0.2) is 23.2 Å². The summed E-state index contributed by atoms with van der Waals surface area (Å²) in [5, 5.41) is 2.88. The van der Waals surface area contributed by atoms with Gasteiger partial charge >= 0.3 is 6.18 Å². The van der Waals surface area contributed by atoms with Gasteiger partial charge < -0.3 is 15.0 Å². The average molecular weight is 361 g/mol. The number of guanidine groups is 1. The SMILES string of the molecule is CN=C(NCc1ccc(F)cc1C(F)(F)F)N(C)CCOCC1CC1. The van der Waals surface area contributed by atoms with E-state index in [0.29, 0.717) is 31.1 Å². The van der Waals surface area contributed by atoms with Gasteiger partial charge in [-0.05, 0) is 36.5 Å². The number of hydrogen-bond donors (Lipinski definition) is 1. The van der Waals surface area contributed by atoms with Crippen LogP contribution in [-0.2, 0) is 17.5 Å². The quantitative estimate of drug-likeness (QED) is 0.351. The molecular formula is C17H23F4N3O. The van der Waals surface area contributed by atoms with Crippen LogP contribution in [0.2, 0.25) is 0 Å². The molecule has 0 saturated heterocycles. The molecule has 140 valence electrons. The largest absolute Gasteiger partial charge is 0.416 e. The molecule has 1 aliphatic carbocycles. The van der Waals surface area contributed by atoms with Gasteiger partial charge in [0, 0.05) is 33.8 Å². The Labute approximate surface area is 144 Å². The fraction of sp³-hybridized carbons (Fsp3) is 0.588. The number of nitrogens with one attached hydrogen (secondary N) is 1. The van der Waals surface area contributed by atoms with E-state index >= 15 is 0 Å². The smallest absolute Gasteiger partial charge is 0.379 e. The van der Waals surface area contributed by atoms with Gasteiger partial charge in [-0.25, -0.2) is 4.39 Å². The highest BCUT2D eigenvalue weighted by Gasteiger charge is 2.33. The zero-order valence-corrected chi connectivity index (χ0v) is 14.4. The van der Waals surface area contributed by atoms with Crippen LogP contribution in [0.1, 0.15) is 24.0 Å². The normalized spacial score (nSPS) is 15.4. The van der Waals surface area contributed by atoms with Crippen molar-refractivity contribution in [1.82, 2.24) is 10.2 Å². The maximum Gasteiger partial charge on any atom is 0.416 e. The average Bonchev–Trinajstić information content (AvgIpc) is 3.36. The van der Waals surface area contributed by atoms with Crippen molar-refractivity contribution in [3.63, 3.8) is 0 Å². The summed E-state index contributed by atoms with van der Waals surface area (Å²) in [5.41, 5.74) is -1.01. The Morgan fingerprint density at radius 1 is 1.36 bits per heavy atom. The van der Waals surface area contributed by atoms with Crippen molar-refractivity contribution >= 4 is 5.96 Å². The number of halogens is 4. The summed E-state index contributed by atoms with van der Waals surface area (Å²) in [5.74, 6) is 0.222. The third kappa shape index (κ3) is 6.19. The Morgan fingerprint density at radius 2 is 2.08 bits per heavy atom. The molecular weight excluding hydrogens is 338 g/mol. The molecule has 0 heterocycles. The molecule has 0 spiro atoms. The number of nitrogens with zero attached hydrogens (tertiary/aromatic N) is 2. The lowest BCUT2D eigenvalue weighted by Gasteiger charge is -2.23. The van der Waals surface area contributed by atoms with Crippen LogP contribution >= 0.6 is 0 Å². The van der Waals surface area contributed by atoms with E-state index in [4.69, 9.17) is 4.74 Å². The highest BCUT2D eigenvalue weighted by molar-refractivity contribution is 5.79. The fourth-order valence-corrected chi connectivity index (χ4v) is 2.37. The van der Waals surface area contributed by atoms with Gasteiger partial charge in [0.05, 0.1) is 12.2 Å². The lowest BCUT2D eigenvalue weighted by molar-refractivity contribution is -0.138. The second-order valence-electron chi connectivity index (χ2n) is 6.14. The first-order valence-corrected chi connectivity index (χ1v) is 8.16. The Bertz CT molecular complexity index is 600. The van der Waals surface area contributed by atoms with E-state index in [0.717, 1.165) is 18.7 Å². The number of hydrogen-bond acceptors (Lipinski definition) is 2. The van der Waals surface area contributed by atoms with E-state index in [1.54, 1.807) is 19.0 Å². The maximum absolute atomic E-state index is 13.1. The summed E-state index contributed by atoms with van der Waals surface area (Å²) in [6, 6.07) is 2.66. The number of aliphatic imine (C=N–C) groups is 1. The third-order valence-electron chi connectivity index (χ3n) is 4.01. The second-order valence-corrected chi connectivity index (χ2v) is 6.14. The second kappa shape index (κ2) is 8.51. The molecule has 0 unspecified atom stereocenters. The molecule has 2 rings (SSSR count). The van der Waals surface area contributed by atoms with E-state index in [1.807, 2.05) is 0 Å². The molecule has 0 aromatic heterocycles. The van der Waals surface area contributed by atoms with Crippen LogP contribution in [-0.4, -0.2) is 44.7 Å². The van der Waals surface area contributed by atoms with Gasteiger partial charge in [0.15, 0.2) is 5.96 Å². The first-order valence-electron chi connectivity index (χ1n) is 8.16. The predicted molar refractivity (Wildman–Crippen MR) is 87.8 cm³/mol. The molecule has 0 amide bonds. The Kier molecular flexibility index (Phi) is 6.64. The van der Waals surface area contributed by atoms with Crippen molar-refractivity contribution in [2.24, 2.45) is 10.9 Å². The zero-order chi connectivity index (χ0) is 18.4. The molecule has 0 radical (unpaired) electrons. The minimum absolute atomic E-state index is 0.0339. The van der Waals surface area contributed by atoms with Crippen LogP contribution in [0, 0.1) is 11.7 Å². The third-order valence-corrected chi connectivity index (χ3v) is 4.01. The molecule has 4 nitrogen and oxygen atoms in total. The van der Waals surface area contributed by atoms with Crippen LogP contribution < -0.4 is 5.32 Å². The van der Waals surface area contributed by atoms with E-state index in [1.165, 1.54) is 12.8 Å². The van der Waals surface area contributed by atoms with E-state index in [-0.39, 0.29) is 12.1 Å². The molecule has 1 N–H and O–H groups in total. The van der Waals surface area contributed by atoms with E-state index in [9.17, 15) is 17.6 Å². The molecule has 8 heteroatoms. The van der Waals surface area contributed by atoms with Crippen molar-refractivity contribution in [3.05, 3.63) is 35.1 Å². The highest BCUT2D eigenvalue weighted by Crippen LogP contribution is 2.32. The molecule has 0 atom stereocenters. The summed E-state index contributed by atoms with van der Waals surface area (Å²) in [7, 11) is 3.34. The van der Waals surface area contributed by atoms with Gasteiger partial charge in [0.2, 0.25) is 0 Å². The predicted octanol–water partition coefficient (Wildman–Crippen LogP) is 3.28. The van der Waals surface area contributed by atoms with Crippen molar-refractivity contribution in [2.45, 2.75) is 25.6 Å². The number of benzene rings is 1. The molecule has 0 aliphatic heterocycles. The highest BCUT2D eigenvalue weighted by atomic mass is 19.4.